The van der Waals surface area contributed by atoms with Gasteiger partial charge in [-0.1, -0.05) is 0 Å². The van der Waals surface area contributed by atoms with Gasteiger partial charge in [-0.2, -0.15) is 0 Å². The van der Waals surface area contributed by atoms with Gasteiger partial charge in [-0.3, -0.25) is 24.6 Å². The number of ketones is 2. The van der Waals surface area contributed by atoms with Crippen molar-refractivity contribution in [3.8, 4) is 11.5 Å². The molecular formula is C24H29N5O9. The molecule has 4 rings (SSSR count). The van der Waals surface area contributed by atoms with Crippen molar-refractivity contribution < 1.29 is 43.0 Å². The van der Waals surface area contributed by atoms with Gasteiger partial charge in [-0.15, -0.1) is 0 Å². The van der Waals surface area contributed by atoms with E-state index >= 15 is 0 Å². The highest BCUT2D eigenvalue weighted by Gasteiger charge is 2.41. The van der Waals surface area contributed by atoms with Crippen LogP contribution in [0.1, 0.15) is 43.0 Å². The fourth-order valence-corrected chi connectivity index (χ4v) is 4.00. The predicted molar refractivity (Wildman–Crippen MR) is 129 cm³/mol. The highest BCUT2D eigenvalue weighted by Crippen LogP contribution is 2.32. The number of amides is 4. The highest BCUT2D eigenvalue weighted by molar-refractivity contribution is 6.42. The maximum absolute atomic E-state index is 12.9. The third-order valence-corrected chi connectivity index (χ3v) is 5.99. The Bertz CT molecular complexity index is 1120. The molecule has 2 atom stereocenters. The van der Waals surface area contributed by atoms with Gasteiger partial charge in [0, 0.05) is 24.9 Å². The van der Waals surface area contributed by atoms with Crippen LogP contribution in [0.15, 0.2) is 18.2 Å². The van der Waals surface area contributed by atoms with Crippen molar-refractivity contribution in [2.45, 2.75) is 44.7 Å². The quantitative estimate of drug-likeness (QED) is 0.256. The predicted octanol–water partition coefficient (Wildman–Crippen LogP) is -0.386. The Morgan fingerprint density at radius 2 is 1.87 bits per heavy atom. The van der Waals surface area contributed by atoms with Crippen LogP contribution in [-0.4, -0.2) is 96.0 Å². The van der Waals surface area contributed by atoms with E-state index in [1.165, 1.54) is 30.1 Å². The maximum Gasteiger partial charge on any atom is 0.358 e. The van der Waals surface area contributed by atoms with E-state index in [-0.39, 0.29) is 43.1 Å². The fraction of sp³-hybridized carbons (Fsp3) is 0.458. The molecule has 4 amide bonds. The standard InChI is InChI=1S/C18H18N4O7.C6H11NO2/c23-9-12-2-1-6-21-15(24)5-7-20(18(27)22(12)21)19-17(26)16(25)11-3-4-13-14(8-11)29-10-28-13;1-5(9)3-6(4-8)7-2/h3-4,8-9,12H,1-2,5-7,10H2,(H,19,26);4,6-7H,3H2,1-2H3/t12-;6-/m00/s1. The number of benzene rings is 1. The van der Waals surface area contributed by atoms with Crippen molar-refractivity contribution in [3.05, 3.63) is 23.8 Å². The molecule has 1 aromatic carbocycles. The van der Waals surface area contributed by atoms with E-state index in [0.29, 0.717) is 43.6 Å². The van der Waals surface area contributed by atoms with Gasteiger partial charge >= 0.3 is 11.9 Å². The molecule has 0 radical (unpaired) electrons. The molecule has 3 aliphatic rings. The molecular weight excluding hydrogens is 502 g/mol. The lowest BCUT2D eigenvalue weighted by atomic mass is 10.1. The van der Waals surface area contributed by atoms with Crippen molar-refractivity contribution in [2.75, 3.05) is 26.9 Å². The van der Waals surface area contributed by atoms with Crippen molar-refractivity contribution in [3.63, 3.8) is 0 Å². The third-order valence-electron chi connectivity index (χ3n) is 5.99. The molecule has 1 aromatic rings. The average molecular weight is 532 g/mol. The van der Waals surface area contributed by atoms with Crippen molar-refractivity contribution in [2.24, 2.45) is 0 Å². The van der Waals surface area contributed by atoms with Crippen molar-refractivity contribution >= 4 is 42.0 Å². The highest BCUT2D eigenvalue weighted by atomic mass is 16.7. The van der Waals surface area contributed by atoms with Crippen LogP contribution < -0.4 is 20.2 Å². The molecule has 38 heavy (non-hydrogen) atoms. The topological polar surface area (TPSA) is 172 Å². The second kappa shape index (κ2) is 12.8. The molecule has 2 fully saturated rings. The van der Waals surface area contributed by atoms with E-state index in [1.54, 1.807) is 7.05 Å². The van der Waals surface area contributed by atoms with E-state index in [1.807, 2.05) is 0 Å². The molecule has 0 aromatic heterocycles. The number of likely N-dealkylation sites (N-methyl/N-ethyl adjacent to an activating group) is 1. The number of ether oxygens (including phenoxy) is 2. The minimum absolute atomic E-state index is 0.0275. The molecule has 204 valence electrons. The van der Waals surface area contributed by atoms with Crippen LogP contribution in [0.2, 0.25) is 0 Å². The molecule has 0 unspecified atom stereocenters. The maximum atomic E-state index is 12.9. The number of nitrogens with zero attached hydrogens (tertiary/aromatic N) is 3. The zero-order chi connectivity index (χ0) is 27.8. The summed E-state index contributed by atoms with van der Waals surface area (Å²) in [5.74, 6) is -1.41. The minimum Gasteiger partial charge on any atom is -0.454 e. The molecule has 0 saturated carbocycles. The molecule has 14 nitrogen and oxygen atoms in total. The first-order valence-electron chi connectivity index (χ1n) is 11.9. The van der Waals surface area contributed by atoms with Crippen LogP contribution in [0, 0.1) is 0 Å². The first-order chi connectivity index (χ1) is 18.2. The summed E-state index contributed by atoms with van der Waals surface area (Å²) < 4.78 is 10.4. The lowest BCUT2D eigenvalue weighted by molar-refractivity contribution is -0.151. The van der Waals surface area contributed by atoms with Crippen molar-refractivity contribution in [1.82, 2.24) is 25.8 Å². The van der Waals surface area contributed by atoms with Gasteiger partial charge in [-0.25, -0.2) is 19.8 Å². The first-order valence-corrected chi connectivity index (χ1v) is 11.9. The summed E-state index contributed by atoms with van der Waals surface area (Å²) in [6.45, 7) is 1.69. The summed E-state index contributed by atoms with van der Waals surface area (Å²) in [7, 11) is 1.65. The summed E-state index contributed by atoms with van der Waals surface area (Å²) >= 11 is 0. The van der Waals surface area contributed by atoms with E-state index in [0.717, 1.165) is 16.3 Å². The number of hydrogen-bond donors (Lipinski definition) is 2. The third kappa shape index (κ3) is 6.51. The molecule has 14 heteroatoms. The lowest BCUT2D eigenvalue weighted by Crippen LogP contribution is -2.61. The normalized spacial score (nSPS) is 18.9. The molecule has 0 bridgehead atoms. The van der Waals surface area contributed by atoms with E-state index < -0.39 is 23.8 Å². The van der Waals surface area contributed by atoms with Crippen LogP contribution in [0.4, 0.5) is 4.79 Å². The number of aldehydes is 2. The Morgan fingerprint density at radius 1 is 1.13 bits per heavy atom. The van der Waals surface area contributed by atoms with Crippen LogP contribution in [-0.2, 0) is 24.0 Å². The Labute approximate surface area is 218 Å². The number of rotatable bonds is 8. The number of carbonyl (C=O) groups excluding carboxylic acids is 7. The molecule has 3 aliphatic heterocycles. The summed E-state index contributed by atoms with van der Waals surface area (Å²) in [5.41, 5.74) is 2.32. The van der Waals surface area contributed by atoms with E-state index in [9.17, 15) is 33.6 Å². The van der Waals surface area contributed by atoms with Gasteiger partial charge in [0.1, 0.15) is 24.4 Å². The monoisotopic (exact) mass is 531 g/mol. The van der Waals surface area contributed by atoms with Crippen LogP contribution in [0.3, 0.4) is 0 Å². The summed E-state index contributed by atoms with van der Waals surface area (Å²) in [6.07, 6.45) is 2.58. The number of Topliss-reactive ketones (excluding diaryl/α,β-unsaturated/α-hetero) is 2. The van der Waals surface area contributed by atoms with Gasteiger partial charge in [0.05, 0.1) is 12.6 Å². The lowest BCUT2D eigenvalue weighted by Gasteiger charge is -2.41. The minimum atomic E-state index is -1.04. The Morgan fingerprint density at radius 3 is 2.50 bits per heavy atom. The number of hydrazine groups is 2. The summed E-state index contributed by atoms with van der Waals surface area (Å²) in [4.78, 5) is 82.0. The van der Waals surface area contributed by atoms with Gasteiger partial charge in [-0.05, 0) is 45.0 Å². The Kier molecular flexibility index (Phi) is 9.49. The smallest absolute Gasteiger partial charge is 0.358 e. The second-order valence-corrected chi connectivity index (χ2v) is 8.67. The van der Waals surface area contributed by atoms with E-state index in [4.69, 9.17) is 9.47 Å². The van der Waals surface area contributed by atoms with Crippen LogP contribution in [0.25, 0.3) is 0 Å². The number of urea groups is 1. The zero-order valence-corrected chi connectivity index (χ0v) is 21.0. The SMILES string of the molecule is CN[C@H](C=O)CC(C)=O.O=C[C@@H]1CCCN2C(=O)CCN(NC(=O)C(=O)c3ccc4c(c3)OCO4)C(=O)N12. The first kappa shape index (κ1) is 28.2. The molecule has 2 N–H and O–H groups in total. The zero-order valence-electron chi connectivity index (χ0n) is 21.0. The van der Waals surface area contributed by atoms with Crippen molar-refractivity contribution in [1.29, 1.82) is 0 Å². The number of nitrogens with one attached hydrogen (secondary N) is 2. The molecule has 0 spiro atoms. The Balaban J connectivity index is 0.000000383. The molecule has 2 saturated heterocycles. The second-order valence-electron chi connectivity index (χ2n) is 8.67. The summed E-state index contributed by atoms with van der Waals surface area (Å²) in [6, 6.07) is 2.47. The largest absolute Gasteiger partial charge is 0.454 e. The fourth-order valence-electron chi connectivity index (χ4n) is 4.00. The average Bonchev–Trinajstić information content (AvgIpc) is 3.36. The van der Waals surface area contributed by atoms with Crippen LogP contribution in [0.5, 0.6) is 11.5 Å². The molecule has 0 aliphatic carbocycles. The summed E-state index contributed by atoms with van der Waals surface area (Å²) in [5, 5.41) is 5.88. The van der Waals surface area contributed by atoms with Gasteiger partial charge < -0.3 is 24.4 Å². The van der Waals surface area contributed by atoms with Gasteiger partial charge in [0.25, 0.3) is 5.78 Å². The Hall–Kier alpha value is -4.33. The van der Waals surface area contributed by atoms with Gasteiger partial charge in [0.15, 0.2) is 11.5 Å². The number of fused-ring (bicyclic) bond motifs is 2. The number of hydrogen-bond acceptors (Lipinski definition) is 10. The van der Waals surface area contributed by atoms with Gasteiger partial charge in [0.2, 0.25) is 12.7 Å². The molecule has 3 heterocycles. The van der Waals surface area contributed by atoms with Crippen LogP contribution >= 0.6 is 0 Å². The number of carbonyl (C=O) groups is 7. The van der Waals surface area contributed by atoms with E-state index in [2.05, 4.69) is 10.7 Å².